The van der Waals surface area contributed by atoms with E-state index in [0.29, 0.717) is 11.4 Å². The molecule has 0 aliphatic carbocycles. The van der Waals surface area contributed by atoms with Crippen molar-refractivity contribution in [1.82, 2.24) is 0 Å². The van der Waals surface area contributed by atoms with Gasteiger partial charge in [-0.25, -0.2) is 0 Å². The summed E-state index contributed by atoms with van der Waals surface area (Å²) in [6.07, 6.45) is 0.810. The summed E-state index contributed by atoms with van der Waals surface area (Å²) in [7, 11) is 0. The Morgan fingerprint density at radius 3 is 2.12 bits per heavy atom. The van der Waals surface area contributed by atoms with Gasteiger partial charge in [-0.1, -0.05) is 59.7 Å². The summed E-state index contributed by atoms with van der Waals surface area (Å²) in [4.78, 5) is 18.4. The molecule has 32 heavy (non-hydrogen) atoms. The number of fused-ring (bicyclic) bond motifs is 1. The van der Waals surface area contributed by atoms with Crippen LogP contribution in [0.25, 0.3) is 0 Å². The second-order valence-corrected chi connectivity index (χ2v) is 8.87. The first kappa shape index (κ1) is 21.5. The van der Waals surface area contributed by atoms with Crippen LogP contribution in [-0.4, -0.2) is 22.9 Å². The number of aryl methyl sites for hydroxylation is 2. The van der Waals surface area contributed by atoms with Crippen molar-refractivity contribution in [2.24, 2.45) is 10.1 Å². The number of anilines is 2. The van der Waals surface area contributed by atoms with Gasteiger partial charge in [0.1, 0.15) is 0 Å². The molecular weight excluding hydrogens is 396 g/mol. The SMILES string of the molecule is Cc1ccc(N/N=C(\C(=O)Nc2ccc(C)cc2)C2=NC(C)(C)Cc3ccccc32)cc1. The molecule has 1 aliphatic rings. The second-order valence-electron chi connectivity index (χ2n) is 8.87. The molecule has 5 nitrogen and oxygen atoms in total. The van der Waals surface area contributed by atoms with Crippen LogP contribution in [0.4, 0.5) is 11.4 Å². The minimum Gasteiger partial charge on any atom is -0.321 e. The number of amides is 1. The predicted molar refractivity (Wildman–Crippen MR) is 133 cm³/mol. The molecule has 162 valence electrons. The summed E-state index contributed by atoms with van der Waals surface area (Å²) in [6.45, 7) is 8.20. The van der Waals surface area contributed by atoms with E-state index >= 15 is 0 Å². The van der Waals surface area contributed by atoms with Crippen molar-refractivity contribution in [2.75, 3.05) is 10.7 Å². The second kappa shape index (κ2) is 8.79. The molecule has 0 fully saturated rings. The summed E-state index contributed by atoms with van der Waals surface area (Å²) in [6, 6.07) is 23.7. The Hall–Kier alpha value is -3.73. The van der Waals surface area contributed by atoms with E-state index in [4.69, 9.17) is 4.99 Å². The fourth-order valence-electron chi connectivity index (χ4n) is 3.74. The molecule has 0 bridgehead atoms. The van der Waals surface area contributed by atoms with Gasteiger partial charge in [0, 0.05) is 11.3 Å². The Morgan fingerprint density at radius 1 is 0.875 bits per heavy atom. The Bertz CT molecular complexity index is 1190. The normalized spacial score (nSPS) is 14.9. The number of nitrogens with one attached hydrogen (secondary N) is 2. The van der Waals surface area contributed by atoms with Crippen molar-refractivity contribution < 1.29 is 4.79 Å². The number of aliphatic imine (C=N–C) groups is 1. The molecule has 0 radical (unpaired) electrons. The van der Waals surface area contributed by atoms with Crippen LogP contribution in [0.15, 0.2) is 82.9 Å². The van der Waals surface area contributed by atoms with E-state index in [1.165, 1.54) is 0 Å². The standard InChI is InChI=1S/C27H28N4O/c1-18-9-13-21(14-10-18)28-26(32)25(31-30-22-15-11-19(2)12-16-22)24-23-8-6-5-7-20(23)17-27(3,4)29-24/h5-16,30H,17H2,1-4H3,(H,28,32)/b31-25-. The first-order chi connectivity index (χ1) is 15.3. The van der Waals surface area contributed by atoms with E-state index in [2.05, 4.69) is 35.8 Å². The van der Waals surface area contributed by atoms with Crippen LogP contribution in [0.3, 0.4) is 0 Å². The third-order valence-electron chi connectivity index (χ3n) is 5.41. The van der Waals surface area contributed by atoms with E-state index in [9.17, 15) is 4.79 Å². The third-order valence-corrected chi connectivity index (χ3v) is 5.41. The topological polar surface area (TPSA) is 65.8 Å². The lowest BCUT2D eigenvalue weighted by molar-refractivity contribution is -0.110. The molecule has 3 aromatic carbocycles. The van der Waals surface area contributed by atoms with Crippen LogP contribution >= 0.6 is 0 Å². The molecule has 1 aliphatic heterocycles. The summed E-state index contributed by atoms with van der Waals surface area (Å²) in [5, 5.41) is 7.53. The van der Waals surface area contributed by atoms with Crippen LogP contribution in [0.1, 0.15) is 36.1 Å². The molecule has 0 aromatic heterocycles. The van der Waals surface area contributed by atoms with Gasteiger partial charge in [-0.15, -0.1) is 0 Å². The number of nitrogens with zero attached hydrogens (tertiary/aromatic N) is 2. The number of rotatable bonds is 5. The summed E-state index contributed by atoms with van der Waals surface area (Å²) < 4.78 is 0. The lowest BCUT2D eigenvalue weighted by Crippen LogP contribution is -2.38. The van der Waals surface area contributed by atoms with Gasteiger partial charge in [-0.3, -0.25) is 15.2 Å². The van der Waals surface area contributed by atoms with Gasteiger partial charge in [0.2, 0.25) is 0 Å². The molecule has 0 saturated carbocycles. The number of carbonyl (C=O) groups is 1. The molecule has 3 aromatic rings. The van der Waals surface area contributed by atoms with Crippen LogP contribution in [-0.2, 0) is 11.2 Å². The van der Waals surface area contributed by atoms with Crippen molar-refractivity contribution >= 4 is 28.7 Å². The maximum Gasteiger partial charge on any atom is 0.278 e. The zero-order valence-corrected chi connectivity index (χ0v) is 18.9. The number of hydrazone groups is 1. The maximum absolute atomic E-state index is 13.4. The largest absolute Gasteiger partial charge is 0.321 e. The van der Waals surface area contributed by atoms with Crippen LogP contribution < -0.4 is 10.7 Å². The number of carbonyl (C=O) groups excluding carboxylic acids is 1. The quantitative estimate of drug-likeness (QED) is 0.417. The molecule has 1 heterocycles. The number of hydrogen-bond acceptors (Lipinski definition) is 4. The van der Waals surface area contributed by atoms with Crippen molar-refractivity contribution in [2.45, 2.75) is 39.7 Å². The fourth-order valence-corrected chi connectivity index (χ4v) is 3.74. The van der Waals surface area contributed by atoms with E-state index in [-0.39, 0.29) is 17.2 Å². The number of benzene rings is 3. The Morgan fingerprint density at radius 2 is 1.47 bits per heavy atom. The van der Waals surface area contributed by atoms with E-state index in [1.807, 2.05) is 80.6 Å². The molecule has 4 rings (SSSR count). The first-order valence-electron chi connectivity index (χ1n) is 10.8. The van der Waals surface area contributed by atoms with Crippen molar-refractivity contribution in [3.63, 3.8) is 0 Å². The summed E-state index contributed by atoms with van der Waals surface area (Å²) >= 11 is 0. The average molecular weight is 425 g/mol. The minimum atomic E-state index is -0.335. The molecule has 0 unspecified atom stereocenters. The molecule has 0 spiro atoms. The zero-order chi connectivity index (χ0) is 22.7. The van der Waals surface area contributed by atoms with E-state index in [0.717, 1.165) is 34.4 Å². The minimum absolute atomic E-state index is 0.256. The van der Waals surface area contributed by atoms with E-state index in [1.54, 1.807) is 0 Å². The molecular formula is C27H28N4O. The Labute approximate surface area is 189 Å². The van der Waals surface area contributed by atoms with Crippen molar-refractivity contribution in [1.29, 1.82) is 0 Å². The van der Waals surface area contributed by atoms with Crippen molar-refractivity contribution in [3.8, 4) is 0 Å². The highest BCUT2D eigenvalue weighted by Crippen LogP contribution is 2.27. The molecule has 1 amide bonds. The van der Waals surface area contributed by atoms with Gasteiger partial charge in [-0.2, -0.15) is 5.10 Å². The summed E-state index contributed by atoms with van der Waals surface area (Å²) in [5.41, 5.74) is 9.48. The molecule has 0 atom stereocenters. The van der Waals surface area contributed by atoms with Gasteiger partial charge in [0.05, 0.1) is 16.9 Å². The summed E-state index contributed by atoms with van der Waals surface area (Å²) in [5.74, 6) is -0.306. The van der Waals surface area contributed by atoms with Gasteiger partial charge < -0.3 is 5.32 Å². The highest BCUT2D eigenvalue weighted by molar-refractivity contribution is 6.72. The average Bonchev–Trinajstić information content (AvgIpc) is 2.76. The smallest absolute Gasteiger partial charge is 0.278 e. The first-order valence-corrected chi connectivity index (χ1v) is 10.8. The lowest BCUT2D eigenvalue weighted by Gasteiger charge is -2.29. The maximum atomic E-state index is 13.4. The third kappa shape index (κ3) is 4.94. The van der Waals surface area contributed by atoms with Crippen LogP contribution in [0, 0.1) is 13.8 Å². The Kier molecular flexibility index (Phi) is 5.91. The van der Waals surface area contributed by atoms with Crippen molar-refractivity contribution in [3.05, 3.63) is 95.1 Å². The predicted octanol–water partition coefficient (Wildman–Crippen LogP) is 5.53. The Balaban J connectivity index is 1.75. The molecule has 2 N–H and O–H groups in total. The molecule has 5 heteroatoms. The van der Waals surface area contributed by atoms with E-state index < -0.39 is 0 Å². The van der Waals surface area contributed by atoms with Gasteiger partial charge in [0.25, 0.3) is 5.91 Å². The lowest BCUT2D eigenvalue weighted by atomic mass is 9.85. The van der Waals surface area contributed by atoms with Crippen LogP contribution in [0.5, 0.6) is 0 Å². The van der Waals surface area contributed by atoms with Gasteiger partial charge in [-0.05, 0) is 63.9 Å². The van der Waals surface area contributed by atoms with Gasteiger partial charge >= 0.3 is 0 Å². The molecule has 0 saturated heterocycles. The van der Waals surface area contributed by atoms with Gasteiger partial charge in [0.15, 0.2) is 5.71 Å². The van der Waals surface area contributed by atoms with Crippen LogP contribution in [0.2, 0.25) is 0 Å². The zero-order valence-electron chi connectivity index (χ0n) is 18.9. The highest BCUT2D eigenvalue weighted by atomic mass is 16.2. The fraction of sp³-hybridized carbons (Fsp3) is 0.222. The number of hydrogen-bond donors (Lipinski definition) is 2. The monoisotopic (exact) mass is 424 g/mol. The highest BCUT2D eigenvalue weighted by Gasteiger charge is 2.31.